The molecule has 168 valence electrons. The minimum absolute atomic E-state index is 0.372. The Hall–Kier alpha value is -2.61. The summed E-state index contributed by atoms with van der Waals surface area (Å²) in [7, 11) is 0. The molecule has 2 N–H and O–H groups in total. The zero-order valence-corrected chi connectivity index (χ0v) is 19.8. The van der Waals surface area contributed by atoms with E-state index in [2.05, 4.69) is 5.32 Å². The number of hydrogen-bond acceptors (Lipinski definition) is 5. The summed E-state index contributed by atoms with van der Waals surface area (Å²) >= 11 is 3.21. The predicted molar refractivity (Wildman–Crippen MR) is 131 cm³/mol. The second kappa shape index (κ2) is 11.9. The van der Waals surface area contributed by atoms with E-state index in [0.717, 1.165) is 27.1 Å². The van der Waals surface area contributed by atoms with Gasteiger partial charge in [0, 0.05) is 10.4 Å². The lowest BCUT2D eigenvalue weighted by atomic mass is 9.93. The molecule has 0 saturated heterocycles. The van der Waals surface area contributed by atoms with Crippen molar-refractivity contribution in [2.75, 3.05) is 12.0 Å². The molecule has 0 unspecified atom stereocenters. The van der Waals surface area contributed by atoms with Crippen LogP contribution in [0.15, 0.2) is 60.0 Å². The van der Waals surface area contributed by atoms with Gasteiger partial charge in [0.15, 0.2) is 0 Å². The standard InChI is InChI=1S/C25H27NO4S2/c1-17-6-3-4-8-20(17)22-14-18(15-30-16-19-7-5-12-32-19)9-10-21(22)24(27)26-23(25(28)29)11-13-31-2/h3-10,12,14,23H,11,13,15-16H2,1-2H3,(H,26,27)(H,28,29)/t23-/m0/s1. The Labute approximate surface area is 196 Å². The number of nitrogens with one attached hydrogen (secondary N) is 1. The number of hydrogen-bond donors (Lipinski definition) is 2. The number of thioether (sulfide) groups is 1. The van der Waals surface area contributed by atoms with Crippen LogP contribution >= 0.6 is 23.1 Å². The van der Waals surface area contributed by atoms with Crippen LogP contribution < -0.4 is 5.32 Å². The molecule has 5 nitrogen and oxygen atoms in total. The molecular formula is C25H27NO4S2. The number of thiophene rings is 1. The molecule has 1 atom stereocenters. The quantitative estimate of drug-likeness (QED) is 0.395. The van der Waals surface area contributed by atoms with Gasteiger partial charge in [-0.2, -0.15) is 11.8 Å². The van der Waals surface area contributed by atoms with E-state index in [9.17, 15) is 14.7 Å². The maximum Gasteiger partial charge on any atom is 0.326 e. The Morgan fingerprint density at radius 1 is 1.09 bits per heavy atom. The van der Waals surface area contributed by atoms with Crippen LogP contribution in [-0.2, 0) is 22.7 Å². The summed E-state index contributed by atoms with van der Waals surface area (Å²) in [5.74, 6) is -0.756. The first kappa shape index (κ1) is 24.0. The Kier molecular flexibility index (Phi) is 8.90. The molecule has 7 heteroatoms. The van der Waals surface area contributed by atoms with Crippen LogP contribution in [0.4, 0.5) is 0 Å². The van der Waals surface area contributed by atoms with Crippen LogP contribution in [-0.4, -0.2) is 35.0 Å². The van der Waals surface area contributed by atoms with E-state index in [1.807, 2.05) is 67.1 Å². The lowest BCUT2D eigenvalue weighted by molar-refractivity contribution is -0.139. The third kappa shape index (κ3) is 6.45. The molecule has 0 aliphatic rings. The van der Waals surface area contributed by atoms with Crippen LogP contribution in [0.3, 0.4) is 0 Å². The Morgan fingerprint density at radius 3 is 2.59 bits per heavy atom. The highest BCUT2D eigenvalue weighted by Crippen LogP contribution is 2.29. The van der Waals surface area contributed by atoms with Crippen molar-refractivity contribution in [3.05, 3.63) is 81.5 Å². The van der Waals surface area contributed by atoms with E-state index in [-0.39, 0.29) is 5.91 Å². The SMILES string of the molecule is CSCC[C@H](NC(=O)c1ccc(COCc2cccs2)cc1-c1ccccc1C)C(=O)O. The molecular weight excluding hydrogens is 442 g/mol. The second-order valence-corrected chi connectivity index (χ2v) is 9.43. The number of carboxylic acid groups (broad SMARTS) is 1. The van der Waals surface area contributed by atoms with E-state index >= 15 is 0 Å². The van der Waals surface area contributed by atoms with Crippen LogP contribution in [0.1, 0.15) is 32.8 Å². The summed E-state index contributed by atoms with van der Waals surface area (Å²) in [4.78, 5) is 25.9. The highest BCUT2D eigenvalue weighted by atomic mass is 32.2. The molecule has 0 fully saturated rings. The van der Waals surface area contributed by atoms with Gasteiger partial charge < -0.3 is 15.2 Å². The summed E-state index contributed by atoms with van der Waals surface area (Å²) in [5, 5.41) is 14.2. The molecule has 3 rings (SSSR count). The highest BCUT2D eigenvalue weighted by Gasteiger charge is 2.22. The number of carbonyl (C=O) groups is 2. The average molecular weight is 470 g/mol. The van der Waals surface area contributed by atoms with Crippen molar-refractivity contribution in [2.24, 2.45) is 0 Å². The maximum atomic E-state index is 13.1. The van der Waals surface area contributed by atoms with Gasteiger partial charge in [0.2, 0.25) is 0 Å². The molecule has 0 aliphatic heterocycles. The number of benzene rings is 2. The number of aryl methyl sites for hydroxylation is 1. The molecule has 1 heterocycles. The molecule has 0 radical (unpaired) electrons. The molecule has 0 spiro atoms. The van der Waals surface area contributed by atoms with Crippen LogP contribution in [0.2, 0.25) is 0 Å². The first-order valence-corrected chi connectivity index (χ1v) is 12.6. The third-order valence-corrected chi connectivity index (χ3v) is 6.56. The number of carboxylic acids is 1. The smallest absolute Gasteiger partial charge is 0.326 e. The number of ether oxygens (including phenoxy) is 1. The van der Waals surface area contributed by atoms with Crippen LogP contribution in [0.25, 0.3) is 11.1 Å². The summed E-state index contributed by atoms with van der Waals surface area (Å²) in [6.45, 7) is 2.95. The van der Waals surface area contributed by atoms with Gasteiger partial charge in [0.05, 0.1) is 13.2 Å². The maximum absolute atomic E-state index is 13.1. The fourth-order valence-corrected chi connectivity index (χ4v) is 4.48. The van der Waals surface area contributed by atoms with Gasteiger partial charge in [0.1, 0.15) is 6.04 Å². The Bertz CT molecular complexity index is 1050. The van der Waals surface area contributed by atoms with Crippen molar-refractivity contribution < 1.29 is 19.4 Å². The summed E-state index contributed by atoms with van der Waals surface area (Å²) < 4.78 is 5.86. The van der Waals surface area contributed by atoms with Gasteiger partial charge in [-0.25, -0.2) is 4.79 Å². The van der Waals surface area contributed by atoms with Crippen molar-refractivity contribution in [3.8, 4) is 11.1 Å². The molecule has 1 amide bonds. The van der Waals surface area contributed by atoms with Crippen LogP contribution in [0, 0.1) is 6.92 Å². The average Bonchev–Trinajstić information content (AvgIpc) is 3.30. The molecule has 2 aromatic carbocycles. The first-order chi connectivity index (χ1) is 15.5. The Morgan fingerprint density at radius 2 is 1.91 bits per heavy atom. The van der Waals surface area contributed by atoms with Gasteiger partial charge in [0.25, 0.3) is 5.91 Å². The van der Waals surface area contributed by atoms with Crippen molar-refractivity contribution in [1.29, 1.82) is 0 Å². The number of amides is 1. The van der Waals surface area contributed by atoms with Gasteiger partial charge in [-0.3, -0.25) is 4.79 Å². The highest BCUT2D eigenvalue weighted by molar-refractivity contribution is 7.98. The van der Waals surface area contributed by atoms with Crippen molar-refractivity contribution >= 4 is 35.0 Å². The summed E-state index contributed by atoms with van der Waals surface area (Å²) in [5.41, 5.74) is 4.15. The van der Waals surface area contributed by atoms with E-state index in [1.165, 1.54) is 0 Å². The summed E-state index contributed by atoms with van der Waals surface area (Å²) in [6, 6.07) is 16.5. The lowest BCUT2D eigenvalue weighted by Crippen LogP contribution is -2.41. The van der Waals surface area contributed by atoms with Crippen molar-refractivity contribution in [3.63, 3.8) is 0 Å². The summed E-state index contributed by atoms with van der Waals surface area (Å²) in [6.07, 6.45) is 2.28. The Balaban J connectivity index is 1.86. The van der Waals surface area contributed by atoms with Gasteiger partial charge in [-0.1, -0.05) is 36.4 Å². The van der Waals surface area contributed by atoms with E-state index in [0.29, 0.717) is 31.0 Å². The van der Waals surface area contributed by atoms with Crippen molar-refractivity contribution in [2.45, 2.75) is 32.6 Å². The molecule has 32 heavy (non-hydrogen) atoms. The zero-order valence-electron chi connectivity index (χ0n) is 18.2. The van der Waals surface area contributed by atoms with E-state index < -0.39 is 12.0 Å². The first-order valence-electron chi connectivity index (χ1n) is 10.3. The molecule has 1 aromatic heterocycles. The van der Waals surface area contributed by atoms with E-state index in [4.69, 9.17) is 4.74 Å². The fraction of sp³-hybridized carbons (Fsp3) is 0.280. The normalized spacial score (nSPS) is 11.8. The van der Waals surface area contributed by atoms with E-state index in [1.54, 1.807) is 29.2 Å². The monoisotopic (exact) mass is 469 g/mol. The number of aliphatic carboxylic acids is 1. The topological polar surface area (TPSA) is 75.6 Å². The van der Waals surface area contributed by atoms with Crippen LogP contribution in [0.5, 0.6) is 0 Å². The minimum atomic E-state index is -1.02. The third-order valence-electron chi connectivity index (χ3n) is 5.07. The lowest BCUT2D eigenvalue weighted by Gasteiger charge is -2.17. The van der Waals surface area contributed by atoms with Gasteiger partial charge in [-0.05, 0) is 71.2 Å². The predicted octanol–water partition coefficient (Wildman–Crippen LogP) is 5.38. The molecule has 3 aromatic rings. The number of rotatable bonds is 11. The minimum Gasteiger partial charge on any atom is -0.480 e. The zero-order chi connectivity index (χ0) is 22.9. The number of carbonyl (C=O) groups excluding carboxylic acids is 1. The fourth-order valence-electron chi connectivity index (χ4n) is 3.37. The molecule has 0 saturated carbocycles. The largest absolute Gasteiger partial charge is 0.480 e. The molecule has 0 bridgehead atoms. The van der Waals surface area contributed by atoms with Gasteiger partial charge in [-0.15, -0.1) is 11.3 Å². The second-order valence-electron chi connectivity index (χ2n) is 7.41. The van der Waals surface area contributed by atoms with Crippen molar-refractivity contribution in [1.82, 2.24) is 5.32 Å². The molecule has 0 aliphatic carbocycles. The van der Waals surface area contributed by atoms with Gasteiger partial charge >= 0.3 is 5.97 Å².